The van der Waals surface area contributed by atoms with Crippen LogP contribution in [0.3, 0.4) is 0 Å². The predicted octanol–water partition coefficient (Wildman–Crippen LogP) is -1.95. The summed E-state index contributed by atoms with van der Waals surface area (Å²) in [5.74, 6) is 0. The van der Waals surface area contributed by atoms with E-state index in [1.165, 1.54) is 0 Å². The Morgan fingerprint density at radius 1 is 1.00 bits per heavy atom. The fourth-order valence-electron chi connectivity index (χ4n) is 0. The Bertz CT molecular complexity index is 8.00. The first-order valence-corrected chi connectivity index (χ1v) is 0. The summed E-state index contributed by atoms with van der Waals surface area (Å²) in [6, 6.07) is 0. The summed E-state index contributed by atoms with van der Waals surface area (Å²) in [5.41, 5.74) is 0. The van der Waals surface area contributed by atoms with Crippen molar-refractivity contribution in [1.82, 2.24) is 0 Å². The van der Waals surface area contributed by atoms with Crippen molar-refractivity contribution in [3.63, 3.8) is 0 Å². The first-order chi connectivity index (χ1) is 0. The molecule has 11 valence electrons. The third kappa shape index (κ3) is 8.82. The minimum atomic E-state index is 0. The minimum Gasteiger partial charge on any atom is 0 e. The van der Waals surface area contributed by atoms with E-state index in [1.54, 1.807) is 0 Å². The van der Waals surface area contributed by atoms with Gasteiger partial charge < -0.3 is 0 Å². The molecule has 0 nitrogen and oxygen atoms in total. The van der Waals surface area contributed by atoms with Crippen LogP contribution in [0.5, 0.6) is 0 Å². The first-order valence-electron chi connectivity index (χ1n) is 0. The number of hydrogen-bond acceptors (Lipinski definition) is 0. The Morgan fingerprint density at radius 2 is 1.00 bits per heavy atom. The van der Waals surface area contributed by atoms with E-state index in [-0.39, 0.29) is 78.8 Å². The fourth-order valence-corrected chi connectivity index (χ4v) is 0. The van der Waals surface area contributed by atoms with Crippen molar-refractivity contribution < 1.29 is 19.5 Å². The second-order valence-corrected chi connectivity index (χ2v) is 0. The summed E-state index contributed by atoms with van der Waals surface area (Å²) in [5, 5.41) is 0. The third-order valence-electron chi connectivity index (χ3n) is 0. The van der Waals surface area contributed by atoms with E-state index >= 15 is 0 Å². The Hall–Kier alpha value is 2.52. The number of hydrogen-bond donors (Lipinski definition) is 0. The predicted molar refractivity (Wildman–Crippen MR) is 21.4 cm³/mol. The molecule has 0 unspecified atom stereocenters. The van der Waals surface area contributed by atoms with Gasteiger partial charge in [-0.3, -0.25) is 0 Å². The summed E-state index contributed by atoms with van der Waals surface area (Å²) in [4.78, 5) is 0. The zero-order valence-electron chi connectivity index (χ0n) is 1.28. The molecule has 0 aromatic heterocycles. The smallest absolute Gasteiger partial charge is 0 e. The quantitative estimate of drug-likeness (QED) is 0.331. The molecule has 0 atom stereocenters. The Labute approximate surface area is 77.7 Å². The van der Waals surface area contributed by atoms with Gasteiger partial charge in [-0.25, -0.2) is 0 Å². The van der Waals surface area contributed by atoms with Crippen LogP contribution in [0.1, 0.15) is 0 Å². The van der Waals surface area contributed by atoms with Crippen molar-refractivity contribution in [2.75, 3.05) is 0 Å². The van der Waals surface area contributed by atoms with Crippen LogP contribution in [0.2, 0.25) is 0 Å². The molecular formula is H3AlLiMgZn. The molecule has 0 amide bonds. The van der Waals surface area contributed by atoms with Crippen LogP contribution < -0.4 is 0 Å². The molecule has 4 heavy (non-hydrogen) atoms. The largest absolute Gasteiger partial charge is 0.316 e. The average Bonchev–Trinajstić information content (AvgIpc) is 0. The fraction of sp³-hybridized carbons (Fsp3) is 0. The maximum Gasteiger partial charge on any atom is 0.316 e. The van der Waals surface area contributed by atoms with Gasteiger partial charge in [0.2, 0.25) is 0 Å². The van der Waals surface area contributed by atoms with Gasteiger partial charge in [-0.15, -0.1) is 0 Å². The van der Waals surface area contributed by atoms with E-state index in [9.17, 15) is 0 Å². The van der Waals surface area contributed by atoms with Gasteiger partial charge in [-0.1, -0.05) is 0 Å². The summed E-state index contributed by atoms with van der Waals surface area (Å²) < 4.78 is 0. The molecule has 0 aromatic carbocycles. The second-order valence-electron chi connectivity index (χ2n) is 0. The summed E-state index contributed by atoms with van der Waals surface area (Å²) in [6.07, 6.45) is 0. The third-order valence-corrected chi connectivity index (χ3v) is 0. The molecule has 0 aliphatic carbocycles. The van der Waals surface area contributed by atoms with Crippen molar-refractivity contribution in [1.29, 1.82) is 0 Å². The summed E-state index contributed by atoms with van der Waals surface area (Å²) >= 11 is 0. The van der Waals surface area contributed by atoms with Crippen LogP contribution in [0.15, 0.2) is 0 Å². The second kappa shape index (κ2) is 17.8. The van der Waals surface area contributed by atoms with Crippen LogP contribution in [-0.4, -0.2) is 59.3 Å². The Balaban J connectivity index is 0. The maximum absolute atomic E-state index is 0. The Morgan fingerprint density at radius 3 is 1.00 bits per heavy atom. The van der Waals surface area contributed by atoms with Crippen molar-refractivity contribution in [3.05, 3.63) is 0 Å². The molecule has 0 heterocycles. The molecule has 0 aliphatic rings. The normalized spacial score (nSPS) is 0. The van der Waals surface area contributed by atoms with Crippen LogP contribution in [0.4, 0.5) is 0 Å². The minimum absolute atomic E-state index is 0. The van der Waals surface area contributed by atoms with Crippen molar-refractivity contribution in [3.8, 4) is 0 Å². The summed E-state index contributed by atoms with van der Waals surface area (Å²) in [7, 11) is 0. The van der Waals surface area contributed by atoms with Gasteiger partial charge >= 0.3 is 41.9 Å². The first kappa shape index (κ1) is 31.3. The van der Waals surface area contributed by atoms with E-state index in [0.29, 0.717) is 0 Å². The molecule has 4 heteroatoms. The van der Waals surface area contributed by atoms with Crippen molar-refractivity contribution in [2.45, 2.75) is 0 Å². The molecule has 0 rings (SSSR count). The molecule has 0 N–H and O–H groups in total. The molecule has 0 aliphatic heterocycles. The van der Waals surface area contributed by atoms with Crippen LogP contribution >= 0.6 is 0 Å². The zero-order valence-corrected chi connectivity index (χ0v) is 5.41. The topological polar surface area (TPSA) is 0 Å². The van der Waals surface area contributed by atoms with E-state index in [0.717, 1.165) is 0 Å². The van der Waals surface area contributed by atoms with E-state index < -0.39 is 0 Å². The standard InChI is InChI=1S/Al.Li.Mg.Zn.3H. The monoisotopic (exact) mass is 125 g/mol. The van der Waals surface area contributed by atoms with Gasteiger partial charge in [-0.05, 0) is 0 Å². The van der Waals surface area contributed by atoms with Gasteiger partial charge in [0.15, 0.2) is 0 Å². The van der Waals surface area contributed by atoms with Gasteiger partial charge in [0.05, 0.1) is 0 Å². The van der Waals surface area contributed by atoms with Crippen molar-refractivity contribution in [2.24, 2.45) is 0 Å². The van der Waals surface area contributed by atoms with Gasteiger partial charge in [-0.2, -0.15) is 0 Å². The van der Waals surface area contributed by atoms with E-state index in [1.807, 2.05) is 0 Å². The molecule has 0 aromatic rings. The maximum atomic E-state index is 0. The Kier molecular flexibility index (Phi) is 139. The van der Waals surface area contributed by atoms with Gasteiger partial charge in [0, 0.05) is 36.8 Å². The molecule has 0 spiro atoms. The molecule has 3 radical (unpaired) electrons. The average molecular weight is 127 g/mol. The zero-order chi connectivity index (χ0) is 0. The SMILES string of the molecule is [Al].[LiH].[MgH2].[Zn]. The molecule has 0 bridgehead atoms. The van der Waals surface area contributed by atoms with Crippen molar-refractivity contribution >= 4 is 59.3 Å². The van der Waals surface area contributed by atoms with Crippen LogP contribution in [0.25, 0.3) is 0 Å². The van der Waals surface area contributed by atoms with Gasteiger partial charge in [0.25, 0.3) is 0 Å². The summed E-state index contributed by atoms with van der Waals surface area (Å²) in [6.45, 7) is 0. The van der Waals surface area contributed by atoms with Crippen LogP contribution in [-0.2, 0) is 19.5 Å². The molecule has 0 saturated heterocycles. The van der Waals surface area contributed by atoms with E-state index in [2.05, 4.69) is 0 Å². The molecular weight excluding hydrogens is 124 g/mol. The molecule has 0 fully saturated rings. The number of rotatable bonds is 0. The van der Waals surface area contributed by atoms with Gasteiger partial charge in [0.1, 0.15) is 0 Å². The van der Waals surface area contributed by atoms with Crippen LogP contribution in [0, 0.1) is 0 Å². The molecule has 0 saturated carbocycles. The van der Waals surface area contributed by atoms with E-state index in [4.69, 9.17) is 0 Å².